The molecule has 0 saturated carbocycles. The Hall–Kier alpha value is -1.56. The maximum Gasteiger partial charge on any atom is 0.133 e. The Labute approximate surface area is 58.8 Å². The van der Waals surface area contributed by atoms with Gasteiger partial charge in [-0.3, -0.25) is 0 Å². The molecule has 0 fully saturated rings. The Morgan fingerprint density at radius 3 is 2.20 bits per heavy atom. The predicted molar refractivity (Wildman–Crippen MR) is 37.3 cm³/mol. The molecule has 0 aromatic carbocycles. The van der Waals surface area contributed by atoms with Crippen molar-refractivity contribution in [2.75, 3.05) is 0 Å². The van der Waals surface area contributed by atoms with Gasteiger partial charge >= 0.3 is 0 Å². The van der Waals surface area contributed by atoms with Crippen LogP contribution in [0.1, 0.15) is 0 Å². The smallest absolute Gasteiger partial charge is 0.133 e. The lowest BCUT2D eigenvalue weighted by Crippen LogP contribution is -1.91. The van der Waals surface area contributed by atoms with E-state index in [4.69, 9.17) is 11.0 Å². The van der Waals surface area contributed by atoms with Gasteiger partial charge in [0, 0.05) is 5.70 Å². The molecule has 0 unspecified atom stereocenters. The van der Waals surface area contributed by atoms with Crippen molar-refractivity contribution < 1.29 is 4.39 Å². The number of nitrogens with two attached hydrogens (primary N) is 1. The molecule has 0 rings (SSSR count). The average Bonchev–Trinajstić information content (AvgIpc) is 1.81. The van der Waals surface area contributed by atoms with Crippen LogP contribution in [0, 0.1) is 11.3 Å². The van der Waals surface area contributed by atoms with Crippen LogP contribution in [0.25, 0.3) is 0 Å². The van der Waals surface area contributed by atoms with Gasteiger partial charge in [-0.25, -0.2) is 4.39 Å². The van der Waals surface area contributed by atoms with Crippen molar-refractivity contribution in [3.8, 4) is 6.07 Å². The lowest BCUT2D eigenvalue weighted by Gasteiger charge is -1.90. The van der Waals surface area contributed by atoms with Crippen molar-refractivity contribution in [3.63, 3.8) is 0 Å². The molecule has 3 heteroatoms. The van der Waals surface area contributed by atoms with E-state index in [1.54, 1.807) is 6.07 Å². The summed E-state index contributed by atoms with van der Waals surface area (Å²) in [5.74, 6) is -0.797. The molecule has 2 nitrogen and oxygen atoms in total. The highest BCUT2D eigenvalue weighted by Gasteiger charge is 1.97. The molecule has 0 atom stereocenters. The molecular formula is C7H7FN2. The molecule has 0 heterocycles. The van der Waals surface area contributed by atoms with Gasteiger partial charge in [0.25, 0.3) is 0 Å². The second-order valence-corrected chi connectivity index (χ2v) is 1.65. The fraction of sp³-hybridized carbons (Fsp3) is 0. The van der Waals surface area contributed by atoms with Crippen LogP contribution in [0.4, 0.5) is 4.39 Å². The van der Waals surface area contributed by atoms with Gasteiger partial charge in [0.2, 0.25) is 0 Å². The van der Waals surface area contributed by atoms with Crippen LogP contribution < -0.4 is 5.73 Å². The van der Waals surface area contributed by atoms with E-state index in [9.17, 15) is 4.39 Å². The summed E-state index contributed by atoms with van der Waals surface area (Å²) in [5, 5.41) is 8.23. The fourth-order valence-electron chi connectivity index (χ4n) is 0.357. The van der Waals surface area contributed by atoms with E-state index < -0.39 is 5.83 Å². The van der Waals surface area contributed by atoms with Gasteiger partial charge < -0.3 is 5.73 Å². The molecule has 0 amide bonds. The number of halogens is 1. The molecule has 10 heavy (non-hydrogen) atoms. The van der Waals surface area contributed by atoms with Crippen LogP contribution in [-0.4, -0.2) is 0 Å². The van der Waals surface area contributed by atoms with Gasteiger partial charge in [-0.15, -0.1) is 0 Å². The van der Waals surface area contributed by atoms with Gasteiger partial charge in [0.1, 0.15) is 11.9 Å². The minimum atomic E-state index is -0.797. The summed E-state index contributed by atoms with van der Waals surface area (Å²) in [5.41, 5.74) is 5.02. The summed E-state index contributed by atoms with van der Waals surface area (Å²) in [6, 6.07) is 1.58. The van der Waals surface area contributed by atoms with Gasteiger partial charge in [-0.2, -0.15) is 5.26 Å². The first-order valence-electron chi connectivity index (χ1n) is 2.49. The van der Waals surface area contributed by atoms with Crippen molar-refractivity contribution >= 4 is 0 Å². The monoisotopic (exact) mass is 138 g/mol. The Kier molecular flexibility index (Phi) is 2.92. The van der Waals surface area contributed by atoms with Crippen molar-refractivity contribution in [2.24, 2.45) is 5.73 Å². The zero-order valence-electron chi connectivity index (χ0n) is 5.39. The summed E-state index contributed by atoms with van der Waals surface area (Å²) in [4.78, 5) is 0. The zero-order valence-corrected chi connectivity index (χ0v) is 5.39. The fourth-order valence-corrected chi connectivity index (χ4v) is 0.357. The van der Waals surface area contributed by atoms with Crippen LogP contribution in [-0.2, 0) is 0 Å². The van der Waals surface area contributed by atoms with Crippen LogP contribution in [0.15, 0.2) is 36.3 Å². The maximum absolute atomic E-state index is 12.1. The van der Waals surface area contributed by atoms with Crippen molar-refractivity contribution in [3.05, 3.63) is 36.3 Å². The first-order chi connectivity index (χ1) is 4.57. The lowest BCUT2D eigenvalue weighted by atomic mass is 10.2. The van der Waals surface area contributed by atoms with E-state index in [0.717, 1.165) is 6.08 Å². The van der Waals surface area contributed by atoms with E-state index in [2.05, 4.69) is 13.2 Å². The summed E-state index contributed by atoms with van der Waals surface area (Å²) < 4.78 is 12.1. The van der Waals surface area contributed by atoms with E-state index in [1.807, 2.05) is 0 Å². The first kappa shape index (κ1) is 8.44. The van der Waals surface area contributed by atoms with Gasteiger partial charge in [0.05, 0.1) is 5.57 Å². The van der Waals surface area contributed by atoms with E-state index in [-0.39, 0.29) is 11.3 Å². The molecule has 0 aliphatic heterocycles. The first-order valence-corrected chi connectivity index (χ1v) is 2.49. The summed E-state index contributed by atoms with van der Waals surface area (Å²) in [7, 11) is 0. The standard InChI is InChI=1S/C7H7FN2/c1-5(10)3-7(4-9)6(2)8/h3H,1-2,10H2/b7-3-. The summed E-state index contributed by atoms with van der Waals surface area (Å²) in [6.45, 7) is 6.19. The van der Waals surface area contributed by atoms with E-state index >= 15 is 0 Å². The summed E-state index contributed by atoms with van der Waals surface area (Å²) in [6.07, 6.45) is 1.13. The van der Waals surface area contributed by atoms with Crippen LogP contribution >= 0.6 is 0 Å². The molecule has 52 valence electrons. The van der Waals surface area contributed by atoms with Crippen LogP contribution in [0.2, 0.25) is 0 Å². The number of allylic oxidation sites excluding steroid dienone is 3. The molecule has 0 aromatic rings. The summed E-state index contributed by atoms with van der Waals surface area (Å²) >= 11 is 0. The van der Waals surface area contributed by atoms with Crippen LogP contribution in [0.5, 0.6) is 0 Å². The molecule has 0 spiro atoms. The SMILES string of the molecule is C=C(N)/C=C(/C#N)C(=C)F. The minimum Gasteiger partial charge on any atom is -0.399 e. The highest BCUT2D eigenvalue weighted by molar-refractivity contribution is 5.40. The van der Waals surface area contributed by atoms with E-state index in [0.29, 0.717) is 0 Å². The van der Waals surface area contributed by atoms with Gasteiger partial charge in [-0.1, -0.05) is 13.2 Å². The van der Waals surface area contributed by atoms with Gasteiger partial charge in [-0.05, 0) is 6.08 Å². The molecule has 0 aromatic heterocycles. The third-order valence-corrected chi connectivity index (χ3v) is 0.742. The number of rotatable bonds is 2. The molecule has 0 aliphatic rings. The normalized spacial score (nSPS) is 10.2. The van der Waals surface area contributed by atoms with Crippen LogP contribution in [0.3, 0.4) is 0 Å². The van der Waals surface area contributed by atoms with E-state index in [1.165, 1.54) is 0 Å². The van der Waals surface area contributed by atoms with Crippen molar-refractivity contribution in [2.45, 2.75) is 0 Å². The molecular weight excluding hydrogens is 131 g/mol. The lowest BCUT2D eigenvalue weighted by molar-refractivity contribution is 0.662. The zero-order chi connectivity index (χ0) is 8.15. The quantitative estimate of drug-likeness (QED) is 0.463. The second-order valence-electron chi connectivity index (χ2n) is 1.65. The Morgan fingerprint density at radius 1 is 1.60 bits per heavy atom. The highest BCUT2D eigenvalue weighted by atomic mass is 19.1. The Morgan fingerprint density at radius 2 is 2.10 bits per heavy atom. The number of nitrogens with zero attached hydrogens (tertiary/aromatic N) is 1. The molecule has 2 N–H and O–H groups in total. The Balaban J connectivity index is 4.55. The molecule has 0 aliphatic carbocycles. The number of nitriles is 1. The van der Waals surface area contributed by atoms with Gasteiger partial charge in [0.15, 0.2) is 0 Å². The maximum atomic E-state index is 12.1. The number of hydrogen-bond donors (Lipinski definition) is 1. The molecule has 0 radical (unpaired) electrons. The Bertz CT molecular complexity index is 232. The average molecular weight is 138 g/mol. The molecule has 0 saturated heterocycles. The highest BCUT2D eigenvalue weighted by Crippen LogP contribution is 2.07. The minimum absolute atomic E-state index is 0.135. The topological polar surface area (TPSA) is 49.8 Å². The number of hydrogen-bond acceptors (Lipinski definition) is 2. The van der Waals surface area contributed by atoms with Crippen molar-refractivity contribution in [1.29, 1.82) is 5.26 Å². The second kappa shape index (κ2) is 3.46. The largest absolute Gasteiger partial charge is 0.399 e. The molecule has 0 bridgehead atoms. The third-order valence-electron chi connectivity index (χ3n) is 0.742. The van der Waals surface area contributed by atoms with Crippen molar-refractivity contribution in [1.82, 2.24) is 0 Å². The predicted octanol–water partition coefficient (Wildman–Crippen LogP) is 1.39. The third kappa shape index (κ3) is 2.68.